The number of nitrogens with one attached hydrogen (secondary N) is 2. The Labute approximate surface area is 160 Å². The van der Waals surface area contributed by atoms with E-state index in [2.05, 4.69) is 17.6 Å². The summed E-state index contributed by atoms with van der Waals surface area (Å²) >= 11 is 0. The van der Waals surface area contributed by atoms with Crippen LogP contribution in [0, 0.1) is 26.7 Å². The molecule has 3 rings (SSSR count). The zero-order chi connectivity index (χ0) is 19.4. The number of aryl methyl sites for hydroxylation is 3. The maximum Gasteiger partial charge on any atom is 0.227 e. The van der Waals surface area contributed by atoms with Gasteiger partial charge >= 0.3 is 0 Å². The van der Waals surface area contributed by atoms with E-state index in [1.165, 1.54) is 5.56 Å². The van der Waals surface area contributed by atoms with E-state index in [0.29, 0.717) is 18.0 Å². The van der Waals surface area contributed by atoms with Crippen molar-refractivity contribution in [2.75, 3.05) is 17.2 Å². The van der Waals surface area contributed by atoms with Gasteiger partial charge in [-0.1, -0.05) is 12.1 Å². The summed E-state index contributed by atoms with van der Waals surface area (Å²) in [5, 5.41) is 5.81. The van der Waals surface area contributed by atoms with Gasteiger partial charge in [-0.25, -0.2) is 0 Å². The van der Waals surface area contributed by atoms with Gasteiger partial charge in [0.15, 0.2) is 0 Å². The molecule has 1 fully saturated rings. The molecule has 0 spiro atoms. The molecule has 2 aromatic rings. The van der Waals surface area contributed by atoms with Gasteiger partial charge in [0, 0.05) is 17.3 Å². The van der Waals surface area contributed by atoms with Crippen LogP contribution in [-0.2, 0) is 9.59 Å². The van der Waals surface area contributed by atoms with Crippen LogP contribution in [0.4, 0.5) is 11.4 Å². The van der Waals surface area contributed by atoms with E-state index in [0.717, 1.165) is 29.7 Å². The van der Waals surface area contributed by atoms with Crippen molar-refractivity contribution in [3.63, 3.8) is 0 Å². The van der Waals surface area contributed by atoms with Gasteiger partial charge in [0.25, 0.3) is 0 Å². The molecule has 0 unspecified atom stereocenters. The first-order valence-electron chi connectivity index (χ1n) is 9.34. The summed E-state index contributed by atoms with van der Waals surface area (Å²) in [6, 6.07) is 11.4. The van der Waals surface area contributed by atoms with Gasteiger partial charge < -0.3 is 15.4 Å². The lowest BCUT2D eigenvalue weighted by atomic mass is 10.1. The van der Waals surface area contributed by atoms with Gasteiger partial charge in [-0.05, 0) is 74.6 Å². The van der Waals surface area contributed by atoms with Gasteiger partial charge in [-0.15, -0.1) is 0 Å². The Bertz CT molecular complexity index is 857. The second-order valence-electron chi connectivity index (χ2n) is 7.19. The Kier molecular flexibility index (Phi) is 5.79. The minimum Gasteiger partial charge on any atom is -0.493 e. The zero-order valence-electron chi connectivity index (χ0n) is 16.1. The third-order valence-corrected chi connectivity index (χ3v) is 4.80. The second kappa shape index (κ2) is 8.25. The van der Waals surface area contributed by atoms with Crippen molar-refractivity contribution < 1.29 is 14.3 Å². The molecule has 1 aliphatic rings. The summed E-state index contributed by atoms with van der Waals surface area (Å²) in [5.41, 5.74) is 4.74. The van der Waals surface area contributed by atoms with Crippen LogP contribution < -0.4 is 15.4 Å². The smallest absolute Gasteiger partial charge is 0.227 e. The molecule has 0 aromatic heterocycles. The first-order chi connectivity index (χ1) is 12.9. The molecule has 142 valence electrons. The van der Waals surface area contributed by atoms with Crippen LogP contribution in [0.1, 0.15) is 36.0 Å². The lowest BCUT2D eigenvalue weighted by Gasteiger charge is -2.12. The normalized spacial score (nSPS) is 13.1. The summed E-state index contributed by atoms with van der Waals surface area (Å²) in [6.45, 7) is 6.32. The molecular formula is C22H26N2O3. The summed E-state index contributed by atoms with van der Waals surface area (Å²) in [4.78, 5) is 24.1. The summed E-state index contributed by atoms with van der Waals surface area (Å²) in [6.07, 6.45) is 2.18. The largest absolute Gasteiger partial charge is 0.493 e. The molecule has 27 heavy (non-hydrogen) atoms. The highest BCUT2D eigenvalue weighted by Crippen LogP contribution is 2.30. The molecule has 0 heterocycles. The fourth-order valence-corrected chi connectivity index (χ4v) is 2.70. The summed E-state index contributed by atoms with van der Waals surface area (Å²) in [5.74, 6) is 0.851. The Hall–Kier alpha value is -2.82. The van der Waals surface area contributed by atoms with Crippen LogP contribution in [0.3, 0.4) is 0 Å². The van der Waals surface area contributed by atoms with Crippen molar-refractivity contribution in [3.05, 3.63) is 53.1 Å². The fraction of sp³-hybridized carbons (Fsp3) is 0.364. The van der Waals surface area contributed by atoms with Crippen LogP contribution in [0.2, 0.25) is 0 Å². The summed E-state index contributed by atoms with van der Waals surface area (Å²) < 4.78 is 5.67. The fourth-order valence-electron chi connectivity index (χ4n) is 2.70. The van der Waals surface area contributed by atoms with E-state index < -0.39 is 0 Å². The Balaban J connectivity index is 1.52. The lowest BCUT2D eigenvalue weighted by molar-refractivity contribution is -0.117. The van der Waals surface area contributed by atoms with Crippen LogP contribution in [0.5, 0.6) is 5.75 Å². The standard InChI is InChI=1S/C22H26N2O3/c1-14-5-9-19(12-16(14)3)27-11-10-21(25)24-20-13-18(8-4-15(20)2)23-22(26)17-6-7-17/h4-5,8-9,12-13,17H,6-7,10-11H2,1-3H3,(H,23,26)(H,24,25). The molecule has 1 saturated carbocycles. The number of carbonyl (C=O) groups is 2. The van der Waals surface area contributed by atoms with Gasteiger partial charge in [0.05, 0.1) is 13.0 Å². The molecule has 5 heteroatoms. The SMILES string of the molecule is Cc1ccc(OCCC(=O)Nc2cc(NC(=O)C3CC3)ccc2C)cc1C. The average molecular weight is 366 g/mol. The lowest BCUT2D eigenvalue weighted by Crippen LogP contribution is -2.17. The highest BCUT2D eigenvalue weighted by Gasteiger charge is 2.29. The number of hydrogen-bond donors (Lipinski definition) is 2. The monoisotopic (exact) mass is 366 g/mol. The third-order valence-electron chi connectivity index (χ3n) is 4.80. The van der Waals surface area contributed by atoms with E-state index in [4.69, 9.17) is 4.74 Å². The van der Waals surface area contributed by atoms with Gasteiger partial charge in [0.2, 0.25) is 11.8 Å². The molecule has 0 bridgehead atoms. The predicted octanol–water partition coefficient (Wildman–Crippen LogP) is 4.37. The minimum absolute atomic E-state index is 0.0536. The first kappa shape index (κ1) is 19.0. The van der Waals surface area contributed by atoms with Crippen LogP contribution in [-0.4, -0.2) is 18.4 Å². The number of benzene rings is 2. The highest BCUT2D eigenvalue weighted by molar-refractivity contribution is 5.96. The first-order valence-corrected chi connectivity index (χ1v) is 9.34. The number of ether oxygens (including phenoxy) is 1. The average Bonchev–Trinajstić information content (AvgIpc) is 3.46. The molecule has 5 nitrogen and oxygen atoms in total. The molecular weight excluding hydrogens is 340 g/mol. The molecule has 0 radical (unpaired) electrons. The quantitative estimate of drug-likeness (QED) is 0.765. The second-order valence-corrected chi connectivity index (χ2v) is 7.19. The number of carbonyl (C=O) groups excluding carboxylic acids is 2. The molecule has 0 saturated heterocycles. The zero-order valence-corrected chi connectivity index (χ0v) is 16.1. The van der Waals surface area contributed by atoms with E-state index in [1.807, 2.05) is 44.2 Å². The molecule has 2 amide bonds. The van der Waals surface area contributed by atoms with E-state index in [1.54, 1.807) is 6.07 Å². The van der Waals surface area contributed by atoms with E-state index in [-0.39, 0.29) is 24.2 Å². The molecule has 0 aliphatic heterocycles. The van der Waals surface area contributed by atoms with Gasteiger partial charge in [-0.3, -0.25) is 9.59 Å². The number of amides is 2. The molecule has 2 N–H and O–H groups in total. The van der Waals surface area contributed by atoms with E-state index >= 15 is 0 Å². The van der Waals surface area contributed by atoms with Crippen molar-refractivity contribution in [2.45, 2.75) is 40.0 Å². The Morgan fingerprint density at radius 3 is 2.41 bits per heavy atom. The van der Waals surface area contributed by atoms with Crippen LogP contribution in [0.15, 0.2) is 36.4 Å². The van der Waals surface area contributed by atoms with Crippen molar-refractivity contribution in [2.24, 2.45) is 5.92 Å². The van der Waals surface area contributed by atoms with Gasteiger partial charge in [0.1, 0.15) is 5.75 Å². The maximum absolute atomic E-state index is 12.2. The molecule has 0 atom stereocenters. The number of anilines is 2. The van der Waals surface area contributed by atoms with Crippen molar-refractivity contribution in [1.29, 1.82) is 0 Å². The molecule has 2 aromatic carbocycles. The maximum atomic E-state index is 12.2. The number of rotatable bonds is 7. The third kappa shape index (κ3) is 5.33. The van der Waals surface area contributed by atoms with Crippen molar-refractivity contribution >= 4 is 23.2 Å². The topological polar surface area (TPSA) is 67.4 Å². The Morgan fingerprint density at radius 1 is 0.963 bits per heavy atom. The predicted molar refractivity (Wildman–Crippen MR) is 107 cm³/mol. The van der Waals surface area contributed by atoms with Crippen molar-refractivity contribution in [3.8, 4) is 5.75 Å². The number of hydrogen-bond acceptors (Lipinski definition) is 3. The minimum atomic E-state index is -0.118. The molecule has 1 aliphatic carbocycles. The van der Waals surface area contributed by atoms with Gasteiger partial charge in [-0.2, -0.15) is 0 Å². The van der Waals surface area contributed by atoms with E-state index in [9.17, 15) is 9.59 Å². The van der Waals surface area contributed by atoms with Crippen LogP contribution >= 0.6 is 0 Å². The van der Waals surface area contributed by atoms with Crippen molar-refractivity contribution in [1.82, 2.24) is 0 Å². The highest BCUT2D eigenvalue weighted by atomic mass is 16.5. The van der Waals surface area contributed by atoms with Crippen LogP contribution in [0.25, 0.3) is 0 Å². The Morgan fingerprint density at radius 2 is 1.70 bits per heavy atom. The summed E-state index contributed by atoms with van der Waals surface area (Å²) in [7, 11) is 0.